The van der Waals surface area contributed by atoms with Gasteiger partial charge in [0.15, 0.2) is 0 Å². The van der Waals surface area contributed by atoms with Crippen LogP contribution in [-0.2, 0) is 0 Å². The topological polar surface area (TPSA) is 79.8 Å². The zero-order valence-corrected chi connectivity index (χ0v) is 15.6. The Kier molecular flexibility index (Phi) is 4.68. The third-order valence-electron chi connectivity index (χ3n) is 4.28. The van der Waals surface area contributed by atoms with Crippen LogP contribution in [0.15, 0.2) is 66.9 Å². The van der Waals surface area contributed by atoms with Crippen LogP contribution >= 0.6 is 0 Å². The highest BCUT2D eigenvalue weighted by molar-refractivity contribution is 6.03. The van der Waals surface area contributed by atoms with E-state index in [4.69, 9.17) is 0 Å². The van der Waals surface area contributed by atoms with Gasteiger partial charge in [0.2, 0.25) is 0 Å². The summed E-state index contributed by atoms with van der Waals surface area (Å²) in [6.45, 7) is 3.76. The lowest BCUT2D eigenvalue weighted by molar-refractivity contribution is 0.102. The summed E-state index contributed by atoms with van der Waals surface area (Å²) in [5.41, 5.74) is 3.81. The average molecular weight is 369 g/mol. The molecular formula is C22H19N5O. The van der Waals surface area contributed by atoms with E-state index in [0.29, 0.717) is 17.3 Å². The molecule has 1 amide bonds. The molecule has 0 radical (unpaired) electrons. The van der Waals surface area contributed by atoms with Crippen LogP contribution in [0.3, 0.4) is 0 Å². The summed E-state index contributed by atoms with van der Waals surface area (Å²) in [5, 5.41) is 7.15. The van der Waals surface area contributed by atoms with Crippen LogP contribution in [0.5, 0.6) is 0 Å². The van der Waals surface area contributed by atoms with Crippen molar-refractivity contribution in [3.05, 3.63) is 83.9 Å². The molecule has 6 nitrogen and oxygen atoms in total. The second-order valence-corrected chi connectivity index (χ2v) is 6.51. The van der Waals surface area contributed by atoms with Crippen molar-refractivity contribution in [3.8, 4) is 0 Å². The number of aryl methyl sites for hydroxylation is 2. The van der Waals surface area contributed by atoms with E-state index in [2.05, 4.69) is 25.6 Å². The average Bonchev–Trinajstić information content (AvgIpc) is 2.69. The first-order valence-corrected chi connectivity index (χ1v) is 8.93. The molecule has 28 heavy (non-hydrogen) atoms. The molecule has 4 aromatic rings. The monoisotopic (exact) mass is 369 g/mol. The lowest BCUT2D eigenvalue weighted by Gasteiger charge is -2.11. The smallest absolute Gasteiger partial charge is 0.274 e. The molecule has 0 aliphatic rings. The summed E-state index contributed by atoms with van der Waals surface area (Å²) in [4.78, 5) is 25.7. The van der Waals surface area contributed by atoms with Crippen molar-refractivity contribution in [1.29, 1.82) is 0 Å². The number of anilines is 3. The van der Waals surface area contributed by atoms with Gasteiger partial charge < -0.3 is 10.6 Å². The minimum Gasteiger partial charge on any atom is -0.338 e. The predicted molar refractivity (Wildman–Crippen MR) is 111 cm³/mol. The van der Waals surface area contributed by atoms with E-state index in [9.17, 15) is 4.79 Å². The Bertz CT molecular complexity index is 1150. The van der Waals surface area contributed by atoms with Crippen molar-refractivity contribution in [2.24, 2.45) is 0 Å². The molecule has 6 heteroatoms. The maximum Gasteiger partial charge on any atom is 0.274 e. The van der Waals surface area contributed by atoms with Gasteiger partial charge in [0, 0.05) is 23.3 Å². The van der Waals surface area contributed by atoms with E-state index in [1.165, 1.54) is 0 Å². The van der Waals surface area contributed by atoms with Gasteiger partial charge in [-0.25, -0.2) is 9.97 Å². The Morgan fingerprint density at radius 2 is 1.71 bits per heavy atom. The summed E-state index contributed by atoms with van der Waals surface area (Å²) >= 11 is 0. The third-order valence-corrected chi connectivity index (χ3v) is 4.28. The van der Waals surface area contributed by atoms with Gasteiger partial charge in [-0.3, -0.25) is 9.78 Å². The van der Waals surface area contributed by atoms with Crippen LogP contribution in [0, 0.1) is 13.8 Å². The molecule has 2 aromatic heterocycles. The van der Waals surface area contributed by atoms with Gasteiger partial charge >= 0.3 is 0 Å². The highest BCUT2D eigenvalue weighted by Gasteiger charge is 2.12. The number of amides is 1. The van der Waals surface area contributed by atoms with Gasteiger partial charge in [-0.05, 0) is 38.1 Å². The van der Waals surface area contributed by atoms with Crippen LogP contribution in [0.4, 0.5) is 17.2 Å². The zero-order chi connectivity index (χ0) is 19.5. The molecule has 0 aliphatic heterocycles. The number of carbonyl (C=O) groups is 1. The summed E-state index contributed by atoms with van der Waals surface area (Å²) < 4.78 is 0. The summed E-state index contributed by atoms with van der Waals surface area (Å²) in [7, 11) is 0. The number of benzene rings is 2. The van der Waals surface area contributed by atoms with Crippen molar-refractivity contribution in [1.82, 2.24) is 15.0 Å². The normalized spacial score (nSPS) is 10.6. The quantitative estimate of drug-likeness (QED) is 0.548. The number of nitrogens with zero attached hydrogens (tertiary/aromatic N) is 3. The fraction of sp³-hybridized carbons (Fsp3) is 0.0909. The number of aromatic nitrogens is 3. The Labute approximate surface area is 162 Å². The molecule has 0 unspecified atom stereocenters. The molecule has 0 saturated carbocycles. The van der Waals surface area contributed by atoms with Crippen LogP contribution < -0.4 is 10.6 Å². The minimum atomic E-state index is -0.284. The standard InChI is InChI=1S/C22H19N5O/c1-14-8-10-17(11-9-14)26-22(28)19-13-20(25-15(2)24-19)27-18-7-3-5-16-6-4-12-23-21(16)18/h3-13H,1-2H3,(H,26,28)(H,24,25,27). The van der Waals surface area contributed by atoms with E-state index < -0.39 is 0 Å². The molecule has 0 fully saturated rings. The van der Waals surface area contributed by atoms with Crippen molar-refractivity contribution < 1.29 is 4.79 Å². The molecule has 0 saturated heterocycles. The molecule has 2 aromatic carbocycles. The summed E-state index contributed by atoms with van der Waals surface area (Å²) in [6, 6.07) is 19.0. The first-order valence-electron chi connectivity index (χ1n) is 8.93. The Morgan fingerprint density at radius 3 is 2.54 bits per heavy atom. The number of carbonyl (C=O) groups excluding carboxylic acids is 1. The van der Waals surface area contributed by atoms with E-state index in [-0.39, 0.29) is 5.91 Å². The molecule has 138 valence electrons. The molecule has 0 atom stereocenters. The second kappa shape index (κ2) is 7.44. The first-order chi connectivity index (χ1) is 13.6. The highest BCUT2D eigenvalue weighted by atomic mass is 16.1. The van der Waals surface area contributed by atoms with Gasteiger partial charge in [0.25, 0.3) is 5.91 Å². The number of nitrogens with one attached hydrogen (secondary N) is 2. The van der Waals surface area contributed by atoms with E-state index in [1.807, 2.05) is 61.5 Å². The van der Waals surface area contributed by atoms with Crippen LogP contribution in [-0.4, -0.2) is 20.9 Å². The van der Waals surface area contributed by atoms with Gasteiger partial charge in [0.05, 0.1) is 11.2 Å². The summed E-state index contributed by atoms with van der Waals surface area (Å²) in [6.07, 6.45) is 1.75. The molecule has 4 rings (SSSR count). The zero-order valence-electron chi connectivity index (χ0n) is 15.6. The largest absolute Gasteiger partial charge is 0.338 e. The SMILES string of the molecule is Cc1ccc(NC(=O)c2cc(Nc3cccc4cccnc34)nc(C)n2)cc1. The van der Waals surface area contributed by atoms with Crippen molar-refractivity contribution in [2.45, 2.75) is 13.8 Å². The molecular weight excluding hydrogens is 350 g/mol. The fourth-order valence-corrected chi connectivity index (χ4v) is 2.92. The van der Waals surface area contributed by atoms with E-state index in [1.54, 1.807) is 19.2 Å². The van der Waals surface area contributed by atoms with Crippen molar-refractivity contribution in [2.75, 3.05) is 10.6 Å². The first kappa shape index (κ1) is 17.6. The van der Waals surface area contributed by atoms with E-state index in [0.717, 1.165) is 27.8 Å². The van der Waals surface area contributed by atoms with Crippen molar-refractivity contribution >= 4 is 34.0 Å². The van der Waals surface area contributed by atoms with Gasteiger partial charge in [-0.2, -0.15) is 0 Å². The Hall–Kier alpha value is -3.80. The van der Waals surface area contributed by atoms with Crippen LogP contribution in [0.25, 0.3) is 10.9 Å². The molecule has 0 bridgehead atoms. The number of fused-ring (bicyclic) bond motifs is 1. The fourth-order valence-electron chi connectivity index (χ4n) is 2.92. The van der Waals surface area contributed by atoms with Crippen LogP contribution in [0.1, 0.15) is 21.9 Å². The Morgan fingerprint density at radius 1 is 0.929 bits per heavy atom. The molecule has 0 aliphatic carbocycles. The number of para-hydroxylation sites is 1. The third kappa shape index (κ3) is 3.81. The van der Waals surface area contributed by atoms with Crippen LogP contribution in [0.2, 0.25) is 0 Å². The van der Waals surface area contributed by atoms with Gasteiger partial charge in [-0.15, -0.1) is 0 Å². The lowest BCUT2D eigenvalue weighted by atomic mass is 10.2. The number of pyridine rings is 1. The number of hydrogen-bond acceptors (Lipinski definition) is 5. The predicted octanol–water partition coefficient (Wildman–Crippen LogP) is 4.64. The number of rotatable bonds is 4. The molecule has 2 heterocycles. The highest BCUT2D eigenvalue weighted by Crippen LogP contribution is 2.24. The minimum absolute atomic E-state index is 0.284. The molecule has 2 N–H and O–H groups in total. The van der Waals surface area contributed by atoms with Crippen molar-refractivity contribution in [3.63, 3.8) is 0 Å². The molecule has 0 spiro atoms. The lowest BCUT2D eigenvalue weighted by Crippen LogP contribution is -2.15. The van der Waals surface area contributed by atoms with E-state index >= 15 is 0 Å². The number of hydrogen-bond donors (Lipinski definition) is 2. The van der Waals surface area contributed by atoms with Gasteiger partial charge in [0.1, 0.15) is 17.3 Å². The Balaban J connectivity index is 1.61. The maximum atomic E-state index is 12.6. The van der Waals surface area contributed by atoms with Gasteiger partial charge in [-0.1, -0.05) is 35.9 Å². The maximum absolute atomic E-state index is 12.6. The summed E-state index contributed by atoms with van der Waals surface area (Å²) in [5.74, 6) is 0.764. The second-order valence-electron chi connectivity index (χ2n) is 6.51.